The lowest BCUT2D eigenvalue weighted by molar-refractivity contribution is 0.414. The predicted molar refractivity (Wildman–Crippen MR) is 59.4 cm³/mol. The van der Waals surface area contributed by atoms with Crippen molar-refractivity contribution in [3.8, 4) is 17.1 Å². The molecule has 0 aromatic carbocycles. The Morgan fingerprint density at radius 3 is 2.94 bits per heavy atom. The topological polar surface area (TPSA) is 39.7 Å². The van der Waals surface area contributed by atoms with Crippen LogP contribution in [0.2, 0.25) is 0 Å². The van der Waals surface area contributed by atoms with Crippen LogP contribution in [0.3, 0.4) is 0 Å². The van der Waals surface area contributed by atoms with Crippen molar-refractivity contribution in [2.45, 2.75) is 0 Å². The second-order valence-electron chi connectivity index (χ2n) is 3.45. The molecule has 0 aliphatic rings. The molecular formula is C12H10N2O2. The van der Waals surface area contributed by atoms with Gasteiger partial charge in [-0.15, -0.1) is 0 Å². The Morgan fingerprint density at radius 1 is 1.31 bits per heavy atom. The van der Waals surface area contributed by atoms with Crippen molar-refractivity contribution in [2.75, 3.05) is 7.11 Å². The van der Waals surface area contributed by atoms with Gasteiger partial charge in [0.2, 0.25) is 0 Å². The first-order valence-electron chi connectivity index (χ1n) is 4.92. The van der Waals surface area contributed by atoms with Crippen LogP contribution in [0, 0.1) is 0 Å². The highest BCUT2D eigenvalue weighted by Crippen LogP contribution is 2.27. The monoisotopic (exact) mass is 214 g/mol. The number of methoxy groups -OCH3 is 1. The molecular weight excluding hydrogens is 204 g/mol. The Hall–Kier alpha value is -2.23. The molecule has 3 aromatic rings. The summed E-state index contributed by atoms with van der Waals surface area (Å²) in [7, 11) is 1.66. The number of pyridine rings is 1. The maximum Gasteiger partial charge on any atom is 0.181 e. The first kappa shape index (κ1) is 9.03. The molecule has 0 saturated heterocycles. The molecule has 0 spiro atoms. The van der Waals surface area contributed by atoms with Gasteiger partial charge in [0.25, 0.3) is 0 Å². The zero-order valence-electron chi connectivity index (χ0n) is 8.75. The van der Waals surface area contributed by atoms with E-state index >= 15 is 0 Å². The van der Waals surface area contributed by atoms with Crippen LogP contribution in [0.15, 0.2) is 47.6 Å². The largest absolute Gasteiger partial charge is 0.497 e. The Labute approximate surface area is 92.1 Å². The quantitative estimate of drug-likeness (QED) is 0.658. The third-order valence-electron chi connectivity index (χ3n) is 2.57. The van der Waals surface area contributed by atoms with Crippen LogP contribution in [0.25, 0.3) is 16.8 Å². The zero-order chi connectivity index (χ0) is 11.0. The summed E-state index contributed by atoms with van der Waals surface area (Å²) in [6, 6.07) is 5.88. The van der Waals surface area contributed by atoms with Crippen LogP contribution in [0.4, 0.5) is 0 Å². The number of fused-ring (bicyclic) bond motifs is 1. The Morgan fingerprint density at radius 2 is 2.19 bits per heavy atom. The first-order chi connectivity index (χ1) is 7.88. The molecule has 0 amide bonds. The van der Waals surface area contributed by atoms with Crippen LogP contribution >= 0.6 is 0 Å². The van der Waals surface area contributed by atoms with Crippen molar-refractivity contribution in [2.24, 2.45) is 0 Å². The van der Waals surface area contributed by atoms with Gasteiger partial charge in [0, 0.05) is 24.0 Å². The molecule has 0 fully saturated rings. The van der Waals surface area contributed by atoms with E-state index in [4.69, 9.17) is 9.15 Å². The third kappa shape index (κ3) is 1.27. The molecule has 3 heterocycles. The molecule has 4 heteroatoms. The molecule has 0 atom stereocenters. The van der Waals surface area contributed by atoms with E-state index < -0.39 is 0 Å². The van der Waals surface area contributed by atoms with Gasteiger partial charge in [0.1, 0.15) is 5.75 Å². The van der Waals surface area contributed by atoms with E-state index in [0.29, 0.717) is 0 Å². The van der Waals surface area contributed by atoms with Crippen molar-refractivity contribution in [3.63, 3.8) is 0 Å². The molecule has 80 valence electrons. The predicted octanol–water partition coefficient (Wildman–Crippen LogP) is 2.60. The smallest absolute Gasteiger partial charge is 0.181 e. The molecule has 0 N–H and O–H groups in total. The van der Waals surface area contributed by atoms with E-state index in [0.717, 1.165) is 22.6 Å². The molecule has 3 rings (SSSR count). The standard InChI is InChI=1S/C12H10N2O2/c1-15-9-2-4-14-5-3-10(11(14)6-9)12-7-13-8-16-12/h2-8H,1H3. The van der Waals surface area contributed by atoms with Gasteiger partial charge >= 0.3 is 0 Å². The van der Waals surface area contributed by atoms with Gasteiger partial charge < -0.3 is 13.6 Å². The third-order valence-corrected chi connectivity index (χ3v) is 2.57. The number of rotatable bonds is 2. The van der Waals surface area contributed by atoms with Crippen molar-refractivity contribution in [1.82, 2.24) is 9.38 Å². The van der Waals surface area contributed by atoms with Crippen LogP contribution < -0.4 is 4.74 Å². The highest BCUT2D eigenvalue weighted by molar-refractivity contribution is 5.78. The average molecular weight is 214 g/mol. The number of aromatic nitrogens is 2. The van der Waals surface area contributed by atoms with Crippen molar-refractivity contribution in [1.29, 1.82) is 0 Å². The molecule has 0 unspecified atom stereocenters. The molecule has 3 aromatic heterocycles. The Kier molecular flexibility index (Phi) is 1.93. The van der Waals surface area contributed by atoms with Crippen LogP contribution in [-0.4, -0.2) is 16.5 Å². The minimum absolute atomic E-state index is 0.760. The summed E-state index contributed by atoms with van der Waals surface area (Å²) >= 11 is 0. The number of oxazole rings is 1. The maximum atomic E-state index is 5.29. The lowest BCUT2D eigenvalue weighted by Gasteiger charge is -2.01. The van der Waals surface area contributed by atoms with Gasteiger partial charge in [-0.3, -0.25) is 0 Å². The van der Waals surface area contributed by atoms with Crippen molar-refractivity contribution < 1.29 is 9.15 Å². The lowest BCUT2D eigenvalue weighted by Crippen LogP contribution is -1.86. The summed E-state index contributed by atoms with van der Waals surface area (Å²) in [5, 5.41) is 0. The average Bonchev–Trinajstić information content (AvgIpc) is 2.96. The normalized spacial score (nSPS) is 10.8. The van der Waals surface area contributed by atoms with Crippen LogP contribution in [0.5, 0.6) is 5.75 Å². The minimum Gasteiger partial charge on any atom is -0.497 e. The number of nitrogens with zero attached hydrogens (tertiary/aromatic N) is 2. The number of hydrogen-bond acceptors (Lipinski definition) is 3. The van der Waals surface area contributed by atoms with E-state index in [2.05, 4.69) is 4.98 Å². The fraction of sp³-hybridized carbons (Fsp3) is 0.0833. The van der Waals surface area contributed by atoms with E-state index in [-0.39, 0.29) is 0 Å². The fourth-order valence-corrected chi connectivity index (χ4v) is 1.76. The number of hydrogen-bond donors (Lipinski definition) is 0. The minimum atomic E-state index is 0.760. The summed E-state index contributed by atoms with van der Waals surface area (Å²) < 4.78 is 12.5. The van der Waals surface area contributed by atoms with Gasteiger partial charge in [0.15, 0.2) is 12.2 Å². The fourth-order valence-electron chi connectivity index (χ4n) is 1.76. The van der Waals surface area contributed by atoms with Crippen molar-refractivity contribution >= 4 is 5.52 Å². The highest BCUT2D eigenvalue weighted by Gasteiger charge is 2.08. The summed E-state index contributed by atoms with van der Waals surface area (Å²) in [4.78, 5) is 3.92. The Balaban J connectivity index is 2.25. The highest BCUT2D eigenvalue weighted by atomic mass is 16.5. The number of ether oxygens (including phenoxy) is 1. The molecule has 16 heavy (non-hydrogen) atoms. The van der Waals surface area contributed by atoms with Gasteiger partial charge in [-0.25, -0.2) is 4.98 Å². The Bertz CT molecular complexity index is 611. The summed E-state index contributed by atoms with van der Waals surface area (Å²) in [5.74, 6) is 1.59. The molecule has 0 saturated carbocycles. The molecule has 0 radical (unpaired) electrons. The SMILES string of the molecule is COc1ccn2ccc(-c3cnco3)c2c1. The second kappa shape index (κ2) is 3.41. The molecule has 4 nitrogen and oxygen atoms in total. The van der Waals surface area contributed by atoms with Gasteiger partial charge in [-0.1, -0.05) is 0 Å². The van der Waals surface area contributed by atoms with Gasteiger partial charge in [0.05, 0.1) is 18.8 Å². The summed E-state index contributed by atoms with van der Waals surface area (Å²) in [6.07, 6.45) is 7.06. The summed E-state index contributed by atoms with van der Waals surface area (Å²) in [6.45, 7) is 0. The first-order valence-corrected chi connectivity index (χ1v) is 4.92. The molecule has 0 aliphatic carbocycles. The van der Waals surface area contributed by atoms with E-state index in [9.17, 15) is 0 Å². The van der Waals surface area contributed by atoms with E-state index in [1.165, 1.54) is 6.39 Å². The zero-order valence-corrected chi connectivity index (χ0v) is 8.75. The van der Waals surface area contributed by atoms with Gasteiger partial charge in [-0.05, 0) is 12.1 Å². The lowest BCUT2D eigenvalue weighted by atomic mass is 10.2. The van der Waals surface area contributed by atoms with E-state index in [1.54, 1.807) is 13.3 Å². The maximum absolute atomic E-state index is 5.29. The van der Waals surface area contributed by atoms with Crippen LogP contribution in [0.1, 0.15) is 0 Å². The summed E-state index contributed by atoms with van der Waals surface area (Å²) in [5.41, 5.74) is 2.05. The van der Waals surface area contributed by atoms with Crippen LogP contribution in [-0.2, 0) is 0 Å². The second-order valence-corrected chi connectivity index (χ2v) is 3.45. The van der Waals surface area contributed by atoms with Crippen molar-refractivity contribution in [3.05, 3.63) is 43.2 Å². The van der Waals surface area contributed by atoms with E-state index in [1.807, 2.05) is 35.0 Å². The molecule has 0 aliphatic heterocycles. The van der Waals surface area contributed by atoms with Gasteiger partial charge in [-0.2, -0.15) is 0 Å². The molecule has 0 bridgehead atoms.